The molecule has 0 aliphatic rings. The standard InChI is InChI=1S/C17H24N2O4/c1-12(2)18-15(20)9-6-10-16(21)19-14(17(22)23)11-13-7-4-3-5-8-13/h3-5,7-8,12,14H,6,9-11H2,1-2H3,(H,18,20)(H,19,21)(H,22,23)/t14-/m1/s1. The van der Waals surface area contributed by atoms with Gasteiger partial charge in [0.2, 0.25) is 11.8 Å². The van der Waals surface area contributed by atoms with Gasteiger partial charge in [-0.15, -0.1) is 0 Å². The molecule has 1 aromatic carbocycles. The number of aliphatic carboxylic acids is 1. The number of carbonyl (C=O) groups excluding carboxylic acids is 2. The van der Waals surface area contributed by atoms with Gasteiger partial charge >= 0.3 is 5.97 Å². The van der Waals surface area contributed by atoms with Crippen molar-refractivity contribution in [3.05, 3.63) is 35.9 Å². The number of carboxylic acids is 1. The number of rotatable bonds is 9. The second kappa shape index (κ2) is 9.61. The van der Waals surface area contributed by atoms with E-state index < -0.39 is 12.0 Å². The molecule has 23 heavy (non-hydrogen) atoms. The Morgan fingerprint density at radius 1 is 1.00 bits per heavy atom. The lowest BCUT2D eigenvalue weighted by molar-refractivity contribution is -0.141. The van der Waals surface area contributed by atoms with Gasteiger partial charge in [-0.2, -0.15) is 0 Å². The predicted octanol–water partition coefficient (Wildman–Crippen LogP) is 1.49. The minimum atomic E-state index is -1.07. The summed E-state index contributed by atoms with van der Waals surface area (Å²) in [7, 11) is 0. The molecule has 0 radical (unpaired) electrons. The maximum absolute atomic E-state index is 11.8. The largest absolute Gasteiger partial charge is 0.480 e. The van der Waals surface area contributed by atoms with Crippen LogP contribution in [0.3, 0.4) is 0 Å². The molecule has 0 aromatic heterocycles. The number of hydrogen-bond donors (Lipinski definition) is 3. The van der Waals surface area contributed by atoms with Gasteiger partial charge < -0.3 is 15.7 Å². The molecule has 0 aliphatic carbocycles. The molecule has 6 heteroatoms. The molecule has 0 fully saturated rings. The van der Waals surface area contributed by atoms with Crippen molar-refractivity contribution in [1.82, 2.24) is 10.6 Å². The fraction of sp³-hybridized carbons (Fsp3) is 0.471. The highest BCUT2D eigenvalue weighted by atomic mass is 16.4. The fourth-order valence-corrected chi connectivity index (χ4v) is 2.12. The molecule has 0 heterocycles. The Morgan fingerprint density at radius 3 is 2.09 bits per heavy atom. The highest BCUT2D eigenvalue weighted by Gasteiger charge is 2.20. The summed E-state index contributed by atoms with van der Waals surface area (Å²) in [5.41, 5.74) is 0.844. The van der Waals surface area contributed by atoms with E-state index in [4.69, 9.17) is 0 Å². The molecule has 3 N–H and O–H groups in total. The minimum Gasteiger partial charge on any atom is -0.480 e. The summed E-state index contributed by atoms with van der Waals surface area (Å²) in [6.07, 6.45) is 1.00. The van der Waals surface area contributed by atoms with E-state index >= 15 is 0 Å². The van der Waals surface area contributed by atoms with Gasteiger partial charge in [0.15, 0.2) is 0 Å². The first kappa shape index (κ1) is 18.7. The van der Waals surface area contributed by atoms with Gasteiger partial charge in [0.25, 0.3) is 0 Å². The van der Waals surface area contributed by atoms with Crippen molar-refractivity contribution in [2.75, 3.05) is 0 Å². The lowest BCUT2D eigenvalue weighted by atomic mass is 10.1. The molecule has 126 valence electrons. The lowest BCUT2D eigenvalue weighted by Crippen LogP contribution is -2.42. The van der Waals surface area contributed by atoms with Gasteiger partial charge in [0.1, 0.15) is 6.04 Å². The number of hydrogen-bond acceptors (Lipinski definition) is 3. The summed E-state index contributed by atoms with van der Waals surface area (Å²) < 4.78 is 0. The van der Waals surface area contributed by atoms with Crippen LogP contribution in [-0.4, -0.2) is 35.0 Å². The Balaban J connectivity index is 2.40. The Bertz CT molecular complexity index is 529. The average Bonchev–Trinajstić information content (AvgIpc) is 2.46. The smallest absolute Gasteiger partial charge is 0.326 e. The first-order chi connectivity index (χ1) is 10.9. The van der Waals surface area contributed by atoms with Crippen molar-refractivity contribution in [3.8, 4) is 0 Å². The minimum absolute atomic E-state index is 0.0681. The second-order valence-electron chi connectivity index (χ2n) is 5.72. The van der Waals surface area contributed by atoms with Crippen LogP contribution < -0.4 is 10.6 Å². The summed E-state index contributed by atoms with van der Waals surface area (Å²) >= 11 is 0. The molecule has 2 amide bonds. The summed E-state index contributed by atoms with van der Waals surface area (Å²) in [5, 5.41) is 14.5. The van der Waals surface area contributed by atoms with E-state index in [1.807, 2.05) is 44.2 Å². The molecule has 0 saturated heterocycles. The van der Waals surface area contributed by atoms with E-state index in [0.717, 1.165) is 5.56 Å². The quantitative estimate of drug-likeness (QED) is 0.642. The number of nitrogens with one attached hydrogen (secondary N) is 2. The average molecular weight is 320 g/mol. The van der Waals surface area contributed by atoms with Gasteiger partial charge in [-0.05, 0) is 25.8 Å². The fourth-order valence-electron chi connectivity index (χ4n) is 2.12. The Hall–Kier alpha value is -2.37. The van der Waals surface area contributed by atoms with Gasteiger partial charge in [-0.25, -0.2) is 4.79 Å². The molecule has 1 rings (SSSR count). The topological polar surface area (TPSA) is 95.5 Å². The summed E-state index contributed by atoms with van der Waals surface area (Å²) in [6, 6.07) is 8.23. The van der Waals surface area contributed by atoms with Crippen LogP contribution in [0.5, 0.6) is 0 Å². The van der Waals surface area contributed by atoms with Crippen LogP contribution in [0.25, 0.3) is 0 Å². The third-order valence-corrected chi connectivity index (χ3v) is 3.17. The molecular weight excluding hydrogens is 296 g/mol. The molecule has 1 aromatic rings. The van der Waals surface area contributed by atoms with E-state index in [0.29, 0.717) is 6.42 Å². The monoisotopic (exact) mass is 320 g/mol. The van der Waals surface area contributed by atoms with Crippen LogP contribution in [0, 0.1) is 0 Å². The van der Waals surface area contributed by atoms with Crippen LogP contribution in [0.15, 0.2) is 30.3 Å². The van der Waals surface area contributed by atoms with Gasteiger partial charge in [0.05, 0.1) is 0 Å². The highest BCUT2D eigenvalue weighted by Crippen LogP contribution is 2.04. The van der Waals surface area contributed by atoms with Crippen molar-refractivity contribution in [3.63, 3.8) is 0 Å². The van der Waals surface area contributed by atoms with Crippen LogP contribution >= 0.6 is 0 Å². The van der Waals surface area contributed by atoms with Gasteiger partial charge in [-0.1, -0.05) is 30.3 Å². The zero-order valence-corrected chi connectivity index (χ0v) is 13.5. The third-order valence-electron chi connectivity index (χ3n) is 3.17. The SMILES string of the molecule is CC(C)NC(=O)CCCC(=O)N[C@H](Cc1ccccc1)C(=O)O. The number of amides is 2. The predicted molar refractivity (Wildman–Crippen MR) is 86.8 cm³/mol. The van der Waals surface area contributed by atoms with Crippen molar-refractivity contribution < 1.29 is 19.5 Å². The van der Waals surface area contributed by atoms with Crippen LogP contribution in [0.4, 0.5) is 0 Å². The number of carboxylic acid groups (broad SMARTS) is 1. The van der Waals surface area contributed by atoms with E-state index in [1.165, 1.54) is 0 Å². The van der Waals surface area contributed by atoms with E-state index in [1.54, 1.807) is 0 Å². The van der Waals surface area contributed by atoms with Crippen molar-refractivity contribution in [1.29, 1.82) is 0 Å². The molecule has 0 aliphatic heterocycles. The first-order valence-electron chi connectivity index (χ1n) is 7.74. The van der Waals surface area contributed by atoms with Crippen LogP contribution in [-0.2, 0) is 20.8 Å². The lowest BCUT2D eigenvalue weighted by Gasteiger charge is -2.14. The Labute approximate surface area is 136 Å². The first-order valence-corrected chi connectivity index (χ1v) is 7.74. The number of carbonyl (C=O) groups is 3. The van der Waals surface area contributed by atoms with Crippen LogP contribution in [0.1, 0.15) is 38.7 Å². The van der Waals surface area contributed by atoms with E-state index in [9.17, 15) is 19.5 Å². The molecule has 0 bridgehead atoms. The van der Waals surface area contributed by atoms with Gasteiger partial charge in [0, 0.05) is 25.3 Å². The van der Waals surface area contributed by atoms with Crippen molar-refractivity contribution in [2.45, 2.75) is 51.6 Å². The van der Waals surface area contributed by atoms with Crippen molar-refractivity contribution in [2.24, 2.45) is 0 Å². The number of benzene rings is 1. The Morgan fingerprint density at radius 2 is 1.57 bits per heavy atom. The molecule has 6 nitrogen and oxygen atoms in total. The van der Waals surface area contributed by atoms with Crippen molar-refractivity contribution >= 4 is 17.8 Å². The van der Waals surface area contributed by atoms with Gasteiger partial charge in [-0.3, -0.25) is 9.59 Å². The summed E-state index contributed by atoms with van der Waals surface area (Å²) in [5.74, 6) is -1.53. The zero-order chi connectivity index (χ0) is 17.2. The van der Waals surface area contributed by atoms with E-state index in [2.05, 4.69) is 10.6 Å². The zero-order valence-electron chi connectivity index (χ0n) is 13.5. The Kier molecular flexibility index (Phi) is 7.80. The maximum Gasteiger partial charge on any atom is 0.326 e. The highest BCUT2D eigenvalue weighted by molar-refractivity contribution is 5.84. The molecule has 0 saturated carbocycles. The normalized spacial score (nSPS) is 11.8. The summed E-state index contributed by atoms with van der Waals surface area (Å²) in [6.45, 7) is 3.73. The molecular formula is C17H24N2O4. The maximum atomic E-state index is 11.8. The molecule has 0 spiro atoms. The summed E-state index contributed by atoms with van der Waals surface area (Å²) in [4.78, 5) is 34.6. The molecule has 1 atom stereocenters. The molecule has 0 unspecified atom stereocenters. The van der Waals surface area contributed by atoms with E-state index in [-0.39, 0.29) is 37.1 Å². The van der Waals surface area contributed by atoms with Crippen LogP contribution in [0.2, 0.25) is 0 Å². The third kappa shape index (κ3) is 7.99. The second-order valence-corrected chi connectivity index (χ2v) is 5.72.